The second-order valence-electron chi connectivity index (χ2n) is 12.4. The van der Waals surface area contributed by atoms with Gasteiger partial charge in [-0.2, -0.15) is 18.3 Å². The molecule has 47 heavy (non-hydrogen) atoms. The zero-order chi connectivity index (χ0) is 32.8. The summed E-state index contributed by atoms with van der Waals surface area (Å²) in [4.78, 5) is 17.3. The second-order valence-corrected chi connectivity index (χ2v) is 12.4. The van der Waals surface area contributed by atoms with Gasteiger partial charge in [-0.25, -0.2) is 13.9 Å². The average molecular weight is 644 g/mol. The highest BCUT2D eigenvalue weighted by molar-refractivity contribution is 5.96. The summed E-state index contributed by atoms with van der Waals surface area (Å²) in [6, 6.07) is 21.5. The van der Waals surface area contributed by atoms with Gasteiger partial charge in [0.05, 0.1) is 29.7 Å². The molecule has 2 aliphatic carbocycles. The van der Waals surface area contributed by atoms with Crippen LogP contribution in [0.25, 0.3) is 16.9 Å². The Morgan fingerprint density at radius 1 is 1.04 bits per heavy atom. The van der Waals surface area contributed by atoms with Gasteiger partial charge in [-0.15, -0.1) is 0 Å². The Kier molecular flexibility index (Phi) is 7.85. The van der Waals surface area contributed by atoms with E-state index in [1.807, 2.05) is 49.4 Å². The summed E-state index contributed by atoms with van der Waals surface area (Å²) in [6.07, 6.45) is -0.490. The largest absolute Gasteiger partial charge is 0.489 e. The van der Waals surface area contributed by atoms with Crippen molar-refractivity contribution in [1.82, 2.24) is 19.9 Å². The highest BCUT2D eigenvalue weighted by Crippen LogP contribution is 2.56. The third-order valence-corrected chi connectivity index (χ3v) is 8.81. The van der Waals surface area contributed by atoms with Gasteiger partial charge in [-0.05, 0) is 80.1 Å². The summed E-state index contributed by atoms with van der Waals surface area (Å²) in [7, 11) is 0. The number of halogens is 4. The van der Waals surface area contributed by atoms with E-state index in [0.717, 1.165) is 29.5 Å². The van der Waals surface area contributed by atoms with E-state index in [-0.39, 0.29) is 25.1 Å². The monoisotopic (exact) mass is 643 g/mol. The Balaban J connectivity index is 1.29. The number of nitrogens with one attached hydrogen (secondary N) is 2. The number of hydrogen-bond donors (Lipinski definition) is 2. The third-order valence-electron chi connectivity index (χ3n) is 8.81. The molecule has 2 saturated carbocycles. The van der Waals surface area contributed by atoms with E-state index in [1.165, 1.54) is 12.1 Å². The first-order valence-corrected chi connectivity index (χ1v) is 15.7. The van der Waals surface area contributed by atoms with Crippen LogP contribution in [0.2, 0.25) is 0 Å². The lowest BCUT2D eigenvalue weighted by atomic mass is 9.91. The first kappa shape index (κ1) is 30.7. The van der Waals surface area contributed by atoms with Crippen molar-refractivity contribution in [1.29, 1.82) is 0 Å². The molecule has 3 aromatic carbocycles. The molecule has 0 unspecified atom stereocenters. The number of benzene rings is 3. The van der Waals surface area contributed by atoms with Crippen molar-refractivity contribution in [2.24, 2.45) is 0 Å². The fourth-order valence-corrected chi connectivity index (χ4v) is 5.96. The Morgan fingerprint density at radius 2 is 1.83 bits per heavy atom. The fourth-order valence-electron chi connectivity index (χ4n) is 5.96. The van der Waals surface area contributed by atoms with Gasteiger partial charge in [-0.3, -0.25) is 4.79 Å². The van der Waals surface area contributed by atoms with Gasteiger partial charge in [0.25, 0.3) is 5.91 Å². The maximum absolute atomic E-state index is 14.8. The van der Waals surface area contributed by atoms with E-state index < -0.39 is 23.8 Å². The van der Waals surface area contributed by atoms with E-state index in [4.69, 9.17) is 9.84 Å². The van der Waals surface area contributed by atoms with Crippen LogP contribution >= 0.6 is 0 Å². The van der Waals surface area contributed by atoms with Crippen LogP contribution < -0.4 is 15.4 Å². The Labute approximate surface area is 269 Å². The minimum atomic E-state index is -4.34. The predicted molar refractivity (Wildman–Crippen MR) is 170 cm³/mol. The minimum absolute atomic E-state index is 0.123. The minimum Gasteiger partial charge on any atom is -0.489 e. The standard InChI is InChI=1S/C36H33F4N5O2/c1-22-17-24(7-11-27(22)34(46)43-26-9-10-26)30-20-42-33-29(41-16-15-36(38,39)40)19-32(44-45(30)33)35(13-14-35)28-18-25(37)8-12-31(28)47-21-23-5-3-2-4-6-23/h2-8,11-12,17-20,26,41H,9-10,13-16,21H2,1H3,(H,43,46). The number of anilines is 1. The maximum Gasteiger partial charge on any atom is 0.390 e. The third kappa shape index (κ3) is 6.52. The van der Waals surface area contributed by atoms with Gasteiger partial charge in [0.2, 0.25) is 0 Å². The van der Waals surface area contributed by atoms with Crippen LogP contribution in [0.15, 0.2) is 79.0 Å². The van der Waals surface area contributed by atoms with Crippen LogP contribution in [-0.4, -0.2) is 39.3 Å². The molecule has 2 fully saturated rings. The van der Waals surface area contributed by atoms with Crippen LogP contribution in [0.4, 0.5) is 23.2 Å². The molecule has 0 atom stereocenters. The van der Waals surface area contributed by atoms with Crippen LogP contribution in [0.5, 0.6) is 5.75 Å². The zero-order valence-corrected chi connectivity index (χ0v) is 25.7. The van der Waals surface area contributed by atoms with Crippen molar-refractivity contribution in [2.75, 3.05) is 11.9 Å². The SMILES string of the molecule is Cc1cc(-c2cnc3c(NCCC(F)(F)F)cc(C4(c5cc(F)ccc5OCc5ccccc5)CC4)nn23)ccc1C(=O)NC1CC1. The van der Waals surface area contributed by atoms with Crippen molar-refractivity contribution in [3.8, 4) is 17.0 Å². The summed E-state index contributed by atoms with van der Waals surface area (Å²) >= 11 is 0. The molecule has 2 N–H and O–H groups in total. The predicted octanol–water partition coefficient (Wildman–Crippen LogP) is 7.76. The Morgan fingerprint density at radius 3 is 2.53 bits per heavy atom. The Bertz CT molecular complexity index is 1950. The number of nitrogens with zero attached hydrogens (tertiary/aromatic N) is 3. The number of fused-ring (bicyclic) bond motifs is 1. The normalized spacial score (nSPS) is 15.4. The number of aryl methyl sites for hydroxylation is 1. The molecule has 1 amide bonds. The van der Waals surface area contributed by atoms with Crippen LogP contribution in [0.1, 0.15) is 64.8 Å². The molecule has 7 rings (SSSR count). The first-order valence-electron chi connectivity index (χ1n) is 15.7. The van der Waals surface area contributed by atoms with Gasteiger partial charge in [0.15, 0.2) is 5.65 Å². The van der Waals surface area contributed by atoms with E-state index >= 15 is 0 Å². The average Bonchev–Trinajstić information content (AvgIpc) is 3.98. The number of carbonyl (C=O) groups is 1. The number of carbonyl (C=O) groups excluding carboxylic acids is 1. The number of aromatic nitrogens is 3. The van der Waals surface area contributed by atoms with Crippen molar-refractivity contribution >= 4 is 17.2 Å². The number of alkyl halides is 3. The molecule has 0 bridgehead atoms. The van der Waals surface area contributed by atoms with Crippen molar-refractivity contribution < 1.29 is 27.1 Å². The number of imidazole rings is 1. The molecule has 11 heteroatoms. The highest BCUT2D eigenvalue weighted by atomic mass is 19.4. The van der Waals surface area contributed by atoms with Gasteiger partial charge in [0, 0.05) is 34.7 Å². The van der Waals surface area contributed by atoms with Crippen molar-refractivity contribution in [2.45, 2.75) is 63.3 Å². The van der Waals surface area contributed by atoms with E-state index in [1.54, 1.807) is 28.9 Å². The van der Waals surface area contributed by atoms with Crippen molar-refractivity contribution in [3.05, 3.63) is 113 Å². The molecular weight excluding hydrogens is 610 g/mol. The smallest absolute Gasteiger partial charge is 0.390 e. The molecule has 2 heterocycles. The van der Waals surface area contributed by atoms with E-state index in [2.05, 4.69) is 15.6 Å². The quantitative estimate of drug-likeness (QED) is 0.144. The van der Waals surface area contributed by atoms with Crippen LogP contribution in [0, 0.1) is 12.7 Å². The number of hydrogen-bond acceptors (Lipinski definition) is 5. The first-order chi connectivity index (χ1) is 22.6. The van der Waals surface area contributed by atoms with E-state index in [9.17, 15) is 22.4 Å². The lowest BCUT2D eigenvalue weighted by Crippen LogP contribution is -2.26. The molecule has 0 radical (unpaired) electrons. The summed E-state index contributed by atoms with van der Waals surface area (Å²) < 4.78 is 62.0. The maximum atomic E-state index is 14.8. The van der Waals surface area contributed by atoms with Crippen LogP contribution in [-0.2, 0) is 12.0 Å². The number of ether oxygens (including phenoxy) is 1. The molecule has 0 spiro atoms. The van der Waals surface area contributed by atoms with Gasteiger partial charge >= 0.3 is 6.18 Å². The zero-order valence-electron chi connectivity index (χ0n) is 25.7. The fraction of sp³-hybridized carbons (Fsp3) is 0.306. The topological polar surface area (TPSA) is 80.6 Å². The summed E-state index contributed by atoms with van der Waals surface area (Å²) in [5, 5.41) is 10.9. The molecule has 2 aromatic heterocycles. The highest BCUT2D eigenvalue weighted by Gasteiger charge is 2.50. The van der Waals surface area contributed by atoms with Gasteiger partial charge < -0.3 is 15.4 Å². The molecule has 2 aliphatic rings. The summed E-state index contributed by atoms with van der Waals surface area (Å²) in [5.74, 6) is -0.0300. The lowest BCUT2D eigenvalue weighted by molar-refractivity contribution is -0.131. The van der Waals surface area contributed by atoms with Crippen LogP contribution in [0.3, 0.4) is 0 Å². The van der Waals surface area contributed by atoms with Gasteiger partial charge in [0.1, 0.15) is 18.2 Å². The Hall–Kier alpha value is -4.93. The number of amides is 1. The molecule has 0 aliphatic heterocycles. The second kappa shape index (κ2) is 12.0. The molecule has 242 valence electrons. The lowest BCUT2D eigenvalue weighted by Gasteiger charge is -2.21. The summed E-state index contributed by atoms with van der Waals surface area (Å²) in [5.41, 5.74) is 4.86. The molecule has 7 nitrogen and oxygen atoms in total. The van der Waals surface area contributed by atoms with Gasteiger partial charge in [-0.1, -0.05) is 36.4 Å². The van der Waals surface area contributed by atoms with E-state index in [0.29, 0.717) is 52.4 Å². The summed E-state index contributed by atoms with van der Waals surface area (Å²) in [6.45, 7) is 1.79. The molecule has 0 saturated heterocycles. The van der Waals surface area contributed by atoms with Crippen molar-refractivity contribution in [3.63, 3.8) is 0 Å². The number of rotatable bonds is 11. The molecular formula is C36H33F4N5O2. The molecule has 5 aromatic rings.